The number of carbonyl (C=O) groups excluding carboxylic acids is 1. The first-order valence-corrected chi connectivity index (χ1v) is 9.06. The van der Waals surface area contributed by atoms with Crippen molar-refractivity contribution in [2.75, 3.05) is 13.1 Å². The van der Waals surface area contributed by atoms with E-state index in [1.54, 1.807) is 6.20 Å². The summed E-state index contributed by atoms with van der Waals surface area (Å²) in [5, 5.41) is 7.95. The van der Waals surface area contributed by atoms with E-state index in [4.69, 9.17) is 9.05 Å². The smallest absolute Gasteiger partial charge is 0.230 e. The zero-order chi connectivity index (χ0) is 18.8. The Morgan fingerprint density at radius 1 is 1.19 bits per heavy atom. The molecule has 0 bridgehead atoms. The van der Waals surface area contributed by atoms with Gasteiger partial charge in [-0.1, -0.05) is 16.4 Å². The highest BCUT2D eigenvalue weighted by Gasteiger charge is 2.28. The van der Waals surface area contributed by atoms with Gasteiger partial charge in [0.1, 0.15) is 11.5 Å². The van der Waals surface area contributed by atoms with Crippen molar-refractivity contribution < 1.29 is 13.8 Å². The molecule has 4 heterocycles. The summed E-state index contributed by atoms with van der Waals surface area (Å²) in [7, 11) is 0. The van der Waals surface area contributed by atoms with E-state index in [9.17, 15) is 4.79 Å². The molecule has 4 rings (SSSR count). The number of aromatic nitrogens is 4. The molecular formula is C19H21N5O3. The van der Waals surface area contributed by atoms with Gasteiger partial charge in [-0.2, -0.15) is 4.98 Å². The molecule has 0 radical (unpaired) electrons. The fourth-order valence-corrected chi connectivity index (χ4v) is 3.39. The molecule has 0 aromatic carbocycles. The Morgan fingerprint density at radius 3 is 2.67 bits per heavy atom. The van der Waals surface area contributed by atoms with Crippen LogP contribution in [-0.4, -0.2) is 44.2 Å². The third-order valence-electron chi connectivity index (χ3n) is 5.04. The number of piperidine rings is 1. The van der Waals surface area contributed by atoms with E-state index in [0.717, 1.165) is 24.1 Å². The van der Waals surface area contributed by atoms with Crippen LogP contribution in [0.3, 0.4) is 0 Å². The maximum Gasteiger partial charge on any atom is 0.230 e. The van der Waals surface area contributed by atoms with Crippen molar-refractivity contribution in [1.29, 1.82) is 0 Å². The highest BCUT2D eigenvalue weighted by atomic mass is 16.5. The first-order chi connectivity index (χ1) is 13.1. The Balaban J connectivity index is 1.36. The molecule has 8 heteroatoms. The number of likely N-dealkylation sites (tertiary alicyclic amines) is 1. The summed E-state index contributed by atoms with van der Waals surface area (Å²) in [6.45, 7) is 5.05. The third kappa shape index (κ3) is 3.60. The summed E-state index contributed by atoms with van der Waals surface area (Å²) in [6.07, 6.45) is 3.64. The van der Waals surface area contributed by atoms with Gasteiger partial charge in [0.2, 0.25) is 17.6 Å². The van der Waals surface area contributed by atoms with Crippen LogP contribution in [0.4, 0.5) is 0 Å². The summed E-state index contributed by atoms with van der Waals surface area (Å²) in [5.41, 5.74) is 2.36. The Bertz CT molecular complexity index is 906. The Labute approximate surface area is 156 Å². The molecule has 0 atom stereocenters. The van der Waals surface area contributed by atoms with Crippen LogP contribution in [0.25, 0.3) is 11.5 Å². The van der Waals surface area contributed by atoms with Gasteiger partial charge in [0.15, 0.2) is 0 Å². The second kappa shape index (κ2) is 7.30. The molecule has 0 aliphatic carbocycles. The Hall–Kier alpha value is -3.03. The minimum absolute atomic E-state index is 0.0996. The zero-order valence-electron chi connectivity index (χ0n) is 15.4. The maximum atomic E-state index is 12.6. The van der Waals surface area contributed by atoms with Gasteiger partial charge in [0.05, 0.1) is 12.1 Å². The highest BCUT2D eigenvalue weighted by molar-refractivity contribution is 5.79. The SMILES string of the molecule is Cc1noc(C)c1CC(=O)N1CCC(c2nc(-c3ccccn3)no2)CC1. The van der Waals surface area contributed by atoms with E-state index in [2.05, 4.69) is 20.3 Å². The summed E-state index contributed by atoms with van der Waals surface area (Å²) >= 11 is 0. The molecule has 8 nitrogen and oxygen atoms in total. The molecule has 27 heavy (non-hydrogen) atoms. The van der Waals surface area contributed by atoms with E-state index >= 15 is 0 Å². The van der Waals surface area contributed by atoms with Gasteiger partial charge < -0.3 is 13.9 Å². The number of aryl methyl sites for hydroxylation is 2. The number of hydrogen-bond acceptors (Lipinski definition) is 7. The Morgan fingerprint density at radius 2 is 2.00 bits per heavy atom. The van der Waals surface area contributed by atoms with E-state index in [-0.39, 0.29) is 11.8 Å². The van der Waals surface area contributed by atoms with Crippen LogP contribution in [0.15, 0.2) is 33.4 Å². The quantitative estimate of drug-likeness (QED) is 0.699. The van der Waals surface area contributed by atoms with Crippen molar-refractivity contribution in [2.24, 2.45) is 0 Å². The van der Waals surface area contributed by atoms with Crippen LogP contribution in [-0.2, 0) is 11.2 Å². The molecule has 0 spiro atoms. The first kappa shape index (κ1) is 17.4. The number of pyridine rings is 1. The average molecular weight is 367 g/mol. The van der Waals surface area contributed by atoms with Crippen LogP contribution in [0.2, 0.25) is 0 Å². The van der Waals surface area contributed by atoms with Gasteiger partial charge in [-0.25, -0.2) is 0 Å². The van der Waals surface area contributed by atoms with Gasteiger partial charge in [-0.3, -0.25) is 9.78 Å². The first-order valence-electron chi connectivity index (χ1n) is 9.06. The molecule has 140 valence electrons. The van der Waals surface area contributed by atoms with Crippen molar-refractivity contribution >= 4 is 5.91 Å². The summed E-state index contributed by atoms with van der Waals surface area (Å²) in [4.78, 5) is 23.2. The summed E-state index contributed by atoms with van der Waals surface area (Å²) < 4.78 is 10.6. The predicted octanol–water partition coefficient (Wildman–Crippen LogP) is 2.69. The van der Waals surface area contributed by atoms with Crippen molar-refractivity contribution in [3.8, 4) is 11.5 Å². The molecule has 3 aromatic rings. The molecule has 0 unspecified atom stereocenters. The van der Waals surface area contributed by atoms with E-state index in [1.165, 1.54) is 0 Å². The van der Waals surface area contributed by atoms with Crippen LogP contribution < -0.4 is 0 Å². The molecule has 1 saturated heterocycles. The fraction of sp³-hybridized carbons (Fsp3) is 0.421. The van der Waals surface area contributed by atoms with Crippen molar-refractivity contribution in [3.05, 3.63) is 47.3 Å². The number of amides is 1. The number of nitrogens with zero attached hydrogens (tertiary/aromatic N) is 5. The molecule has 0 saturated carbocycles. The normalized spacial score (nSPS) is 15.3. The van der Waals surface area contributed by atoms with Gasteiger partial charge in [-0.15, -0.1) is 0 Å². The van der Waals surface area contributed by atoms with Crippen molar-refractivity contribution in [3.63, 3.8) is 0 Å². The molecule has 3 aromatic heterocycles. The van der Waals surface area contributed by atoms with Gasteiger partial charge >= 0.3 is 0 Å². The van der Waals surface area contributed by atoms with Gasteiger partial charge in [0.25, 0.3) is 0 Å². The van der Waals surface area contributed by atoms with E-state index < -0.39 is 0 Å². The standard InChI is InChI=1S/C19H21N5O3/c1-12-15(13(2)26-22-12)11-17(25)24-9-6-14(7-10-24)19-21-18(23-27-19)16-5-3-4-8-20-16/h3-5,8,14H,6-7,9-11H2,1-2H3. The molecule has 1 aliphatic heterocycles. The maximum absolute atomic E-state index is 12.6. The molecule has 1 fully saturated rings. The second-order valence-electron chi connectivity index (χ2n) is 6.81. The zero-order valence-corrected chi connectivity index (χ0v) is 15.4. The molecule has 0 N–H and O–H groups in total. The minimum atomic E-state index is 0.0996. The number of hydrogen-bond donors (Lipinski definition) is 0. The van der Waals surface area contributed by atoms with Crippen molar-refractivity contribution in [1.82, 2.24) is 25.2 Å². The van der Waals surface area contributed by atoms with Crippen LogP contribution in [0, 0.1) is 13.8 Å². The topological polar surface area (TPSA) is 98.2 Å². The van der Waals surface area contributed by atoms with Gasteiger partial charge in [0, 0.05) is 30.8 Å². The Kier molecular flexibility index (Phi) is 4.70. The van der Waals surface area contributed by atoms with Gasteiger partial charge in [-0.05, 0) is 38.8 Å². The lowest BCUT2D eigenvalue weighted by atomic mass is 9.96. The number of rotatable bonds is 4. The lowest BCUT2D eigenvalue weighted by Gasteiger charge is -2.30. The van der Waals surface area contributed by atoms with Crippen LogP contribution >= 0.6 is 0 Å². The molecule has 1 aliphatic rings. The van der Waals surface area contributed by atoms with E-state index in [0.29, 0.717) is 42.7 Å². The molecule has 1 amide bonds. The minimum Gasteiger partial charge on any atom is -0.361 e. The summed E-state index contributed by atoms with van der Waals surface area (Å²) in [5.74, 6) is 2.10. The second-order valence-corrected chi connectivity index (χ2v) is 6.81. The molecular weight excluding hydrogens is 346 g/mol. The number of carbonyl (C=O) groups is 1. The van der Waals surface area contributed by atoms with Crippen LogP contribution in [0.1, 0.15) is 41.7 Å². The largest absolute Gasteiger partial charge is 0.361 e. The highest BCUT2D eigenvalue weighted by Crippen LogP contribution is 2.28. The van der Waals surface area contributed by atoms with Crippen molar-refractivity contribution in [2.45, 2.75) is 39.0 Å². The fourth-order valence-electron chi connectivity index (χ4n) is 3.39. The predicted molar refractivity (Wildman–Crippen MR) is 95.8 cm³/mol. The van der Waals surface area contributed by atoms with Crippen LogP contribution in [0.5, 0.6) is 0 Å². The average Bonchev–Trinajstić information content (AvgIpc) is 3.31. The third-order valence-corrected chi connectivity index (χ3v) is 5.04. The lowest BCUT2D eigenvalue weighted by molar-refractivity contribution is -0.131. The lowest BCUT2D eigenvalue weighted by Crippen LogP contribution is -2.39. The van der Waals surface area contributed by atoms with E-state index in [1.807, 2.05) is 36.9 Å². The monoisotopic (exact) mass is 367 g/mol. The summed E-state index contributed by atoms with van der Waals surface area (Å²) in [6, 6.07) is 5.59.